The molecule has 2 aromatic carbocycles. The number of hydrogen-bond acceptors (Lipinski definition) is 3. The van der Waals surface area contributed by atoms with Crippen LogP contribution in [0.2, 0.25) is 0 Å². The fourth-order valence-electron chi connectivity index (χ4n) is 6.15. The van der Waals surface area contributed by atoms with Crippen LogP contribution in [-0.4, -0.2) is 83.9 Å². The number of nitrogens with zero attached hydrogens (tertiary/aromatic N) is 4. The van der Waals surface area contributed by atoms with Crippen molar-refractivity contribution in [3.05, 3.63) is 60.2 Å². The predicted octanol–water partition coefficient (Wildman–Crippen LogP) is 2.28. The van der Waals surface area contributed by atoms with Gasteiger partial charge in [-0.15, -0.1) is 0 Å². The molecule has 0 aliphatic carbocycles. The van der Waals surface area contributed by atoms with E-state index in [1.165, 1.54) is 80.1 Å². The molecule has 4 heterocycles. The van der Waals surface area contributed by atoms with Gasteiger partial charge >= 0.3 is 0 Å². The molecule has 4 nitrogen and oxygen atoms in total. The maximum atomic E-state index is 2.80. The normalized spacial score (nSPS) is 33.3. The van der Waals surface area contributed by atoms with Crippen molar-refractivity contribution in [3.8, 4) is 11.1 Å². The number of benzene rings is 2. The van der Waals surface area contributed by atoms with E-state index in [1.54, 1.807) is 0 Å². The topological polar surface area (TPSA) is 9.72 Å². The van der Waals surface area contributed by atoms with E-state index in [0.29, 0.717) is 12.3 Å². The third-order valence-corrected chi connectivity index (χ3v) is 7.52. The Balaban J connectivity index is 1.28. The van der Waals surface area contributed by atoms with Crippen molar-refractivity contribution in [2.24, 2.45) is 0 Å². The number of rotatable bonds is 3. The lowest BCUT2D eigenvalue weighted by atomic mass is 10.0. The van der Waals surface area contributed by atoms with Gasteiger partial charge in [-0.1, -0.05) is 54.6 Å². The average Bonchev–Trinajstić information content (AvgIpc) is 3.30. The van der Waals surface area contributed by atoms with Gasteiger partial charge in [0.15, 0.2) is 6.17 Å². The smallest absolute Gasteiger partial charge is 0.175 e. The van der Waals surface area contributed by atoms with Crippen molar-refractivity contribution in [1.29, 1.82) is 0 Å². The summed E-state index contributed by atoms with van der Waals surface area (Å²) in [6, 6.07) is 20.1. The van der Waals surface area contributed by atoms with Gasteiger partial charge in [0.05, 0.1) is 19.6 Å². The van der Waals surface area contributed by atoms with Gasteiger partial charge in [-0.25, -0.2) is 4.90 Å². The Kier molecular flexibility index (Phi) is 3.70. The number of hydrogen-bond donors (Lipinski definition) is 0. The monoisotopic (exact) mass is 361 g/mol. The molecule has 0 saturated carbocycles. The maximum Gasteiger partial charge on any atom is 0.175 e. The molecule has 2 aromatic rings. The van der Waals surface area contributed by atoms with Crippen LogP contribution in [0.3, 0.4) is 0 Å². The Hall–Kier alpha value is -1.72. The molecular weight excluding hydrogens is 332 g/mol. The molecule has 4 heteroatoms. The Labute approximate surface area is 162 Å². The van der Waals surface area contributed by atoms with E-state index >= 15 is 0 Å². The molecule has 6 rings (SSSR count). The lowest BCUT2D eigenvalue weighted by Gasteiger charge is -2.54. The van der Waals surface area contributed by atoms with Gasteiger partial charge in [0, 0.05) is 38.3 Å². The fraction of sp³-hybridized carbons (Fsp3) is 0.478. The summed E-state index contributed by atoms with van der Waals surface area (Å²) in [5.74, 6) is 0. The van der Waals surface area contributed by atoms with E-state index in [9.17, 15) is 0 Å². The Morgan fingerprint density at radius 3 is 2.00 bits per heavy atom. The standard InChI is InChI=1S/C23H29N4/c1-2-4-20(5-3-1)21-8-6-19(7-9-21)18-27-16-14-25-11-10-24-12-13-26(15-17-27)23(27)22(24)25/h1-9,22-23H,10-18H2/q+1. The minimum Gasteiger partial charge on any atom is -0.300 e. The van der Waals surface area contributed by atoms with Crippen LogP contribution < -0.4 is 0 Å². The molecular formula is C23H29N4+. The van der Waals surface area contributed by atoms with Crippen molar-refractivity contribution in [2.45, 2.75) is 18.9 Å². The summed E-state index contributed by atoms with van der Waals surface area (Å²) in [5, 5.41) is 0. The molecule has 0 amide bonds. The second kappa shape index (κ2) is 6.14. The minimum atomic E-state index is 0.665. The average molecular weight is 362 g/mol. The molecule has 0 aromatic heterocycles. The number of quaternary nitrogens is 1. The first-order valence-corrected chi connectivity index (χ1v) is 10.5. The highest BCUT2D eigenvalue weighted by atomic mass is 15.6. The van der Waals surface area contributed by atoms with Crippen molar-refractivity contribution in [1.82, 2.24) is 14.7 Å². The zero-order chi connectivity index (χ0) is 17.8. The molecule has 4 aliphatic rings. The summed E-state index contributed by atoms with van der Waals surface area (Å²) in [4.78, 5) is 8.32. The van der Waals surface area contributed by atoms with Crippen LogP contribution in [0, 0.1) is 0 Å². The van der Waals surface area contributed by atoms with E-state index in [2.05, 4.69) is 69.3 Å². The summed E-state index contributed by atoms with van der Waals surface area (Å²) in [7, 11) is 0. The van der Waals surface area contributed by atoms with E-state index in [-0.39, 0.29) is 0 Å². The van der Waals surface area contributed by atoms with E-state index < -0.39 is 0 Å². The Morgan fingerprint density at radius 2 is 1.26 bits per heavy atom. The molecule has 3 unspecified atom stereocenters. The highest BCUT2D eigenvalue weighted by Gasteiger charge is 2.60. The summed E-state index contributed by atoms with van der Waals surface area (Å²) < 4.78 is 1.28. The zero-order valence-electron chi connectivity index (χ0n) is 16.0. The summed E-state index contributed by atoms with van der Waals surface area (Å²) in [6.07, 6.45) is 1.35. The molecule has 27 heavy (non-hydrogen) atoms. The van der Waals surface area contributed by atoms with Crippen LogP contribution in [0.25, 0.3) is 11.1 Å². The van der Waals surface area contributed by atoms with Crippen LogP contribution >= 0.6 is 0 Å². The SMILES string of the molecule is c1ccc(-c2ccc(C[N+]34CCN5CCN6CCN(CC3)C4C65)cc2)cc1. The van der Waals surface area contributed by atoms with E-state index in [0.717, 1.165) is 0 Å². The van der Waals surface area contributed by atoms with Gasteiger partial charge in [0.1, 0.15) is 12.7 Å². The van der Waals surface area contributed by atoms with Crippen LogP contribution in [0.15, 0.2) is 54.6 Å². The van der Waals surface area contributed by atoms with Crippen LogP contribution in [0.5, 0.6) is 0 Å². The summed E-state index contributed by atoms with van der Waals surface area (Å²) >= 11 is 0. The van der Waals surface area contributed by atoms with Crippen LogP contribution in [0.1, 0.15) is 5.56 Å². The second-order valence-corrected chi connectivity index (χ2v) is 8.82. The first-order valence-electron chi connectivity index (χ1n) is 10.5. The van der Waals surface area contributed by atoms with E-state index in [4.69, 9.17) is 0 Å². The quantitative estimate of drug-likeness (QED) is 0.777. The molecule has 4 saturated heterocycles. The van der Waals surface area contributed by atoms with E-state index in [1.807, 2.05) is 0 Å². The molecule has 0 spiro atoms. The van der Waals surface area contributed by atoms with Gasteiger partial charge in [0.25, 0.3) is 0 Å². The largest absolute Gasteiger partial charge is 0.300 e. The zero-order valence-corrected chi connectivity index (χ0v) is 16.0. The van der Waals surface area contributed by atoms with Gasteiger partial charge in [-0.2, -0.15) is 0 Å². The molecule has 4 fully saturated rings. The first kappa shape index (κ1) is 16.3. The molecule has 140 valence electrons. The van der Waals surface area contributed by atoms with Crippen molar-refractivity contribution < 1.29 is 4.48 Å². The van der Waals surface area contributed by atoms with Gasteiger partial charge in [-0.3, -0.25) is 9.80 Å². The first-order chi connectivity index (χ1) is 13.3. The summed E-state index contributed by atoms with van der Waals surface area (Å²) in [6.45, 7) is 11.5. The Bertz CT molecular complexity index is 814. The van der Waals surface area contributed by atoms with Crippen LogP contribution in [0.4, 0.5) is 0 Å². The molecule has 0 N–H and O–H groups in total. The minimum absolute atomic E-state index is 0.665. The lowest BCUT2D eigenvalue weighted by Crippen LogP contribution is -2.73. The molecule has 4 aliphatic heterocycles. The highest BCUT2D eigenvalue weighted by Crippen LogP contribution is 2.40. The van der Waals surface area contributed by atoms with Crippen molar-refractivity contribution in [3.63, 3.8) is 0 Å². The Morgan fingerprint density at radius 1 is 0.667 bits per heavy atom. The number of piperazine rings is 2. The van der Waals surface area contributed by atoms with Crippen molar-refractivity contribution in [2.75, 3.05) is 52.4 Å². The molecule has 0 radical (unpaired) electrons. The third kappa shape index (κ3) is 2.51. The fourth-order valence-corrected chi connectivity index (χ4v) is 6.15. The van der Waals surface area contributed by atoms with Crippen molar-refractivity contribution >= 4 is 0 Å². The molecule has 0 bridgehead atoms. The molecule has 3 atom stereocenters. The van der Waals surface area contributed by atoms with Gasteiger partial charge in [-0.05, 0) is 11.1 Å². The third-order valence-electron chi connectivity index (χ3n) is 7.52. The predicted molar refractivity (Wildman–Crippen MR) is 108 cm³/mol. The highest BCUT2D eigenvalue weighted by molar-refractivity contribution is 5.63. The lowest BCUT2D eigenvalue weighted by molar-refractivity contribution is -0.966. The van der Waals surface area contributed by atoms with Gasteiger partial charge < -0.3 is 4.48 Å². The van der Waals surface area contributed by atoms with Gasteiger partial charge in [0.2, 0.25) is 0 Å². The summed E-state index contributed by atoms with van der Waals surface area (Å²) in [5.41, 5.74) is 4.14. The second-order valence-electron chi connectivity index (χ2n) is 8.82. The maximum absolute atomic E-state index is 2.80. The van der Waals surface area contributed by atoms with Crippen LogP contribution in [-0.2, 0) is 6.54 Å².